The van der Waals surface area contributed by atoms with Crippen LogP contribution in [0, 0.1) is 0 Å². The largest absolute Gasteiger partial charge is 0.494 e. The van der Waals surface area contributed by atoms with Gasteiger partial charge < -0.3 is 14.4 Å². The van der Waals surface area contributed by atoms with E-state index in [4.69, 9.17) is 9.47 Å². The Bertz CT molecular complexity index is 888. The fourth-order valence-electron chi connectivity index (χ4n) is 3.77. The number of benzene rings is 1. The van der Waals surface area contributed by atoms with Gasteiger partial charge in [0.05, 0.1) is 23.7 Å². The number of ketones is 1. The van der Waals surface area contributed by atoms with Crippen molar-refractivity contribution in [2.75, 3.05) is 39.4 Å². The third-order valence-corrected chi connectivity index (χ3v) is 6.52. The molecule has 1 aliphatic carbocycles. The van der Waals surface area contributed by atoms with Gasteiger partial charge in [0, 0.05) is 32.6 Å². The zero-order valence-electron chi connectivity index (χ0n) is 17.3. The van der Waals surface area contributed by atoms with E-state index < -0.39 is 0 Å². The van der Waals surface area contributed by atoms with Crippen LogP contribution in [0.4, 0.5) is 0 Å². The summed E-state index contributed by atoms with van der Waals surface area (Å²) in [6.45, 7) is 6.29. The normalized spacial score (nSPS) is 17.0. The van der Waals surface area contributed by atoms with Gasteiger partial charge in [0.25, 0.3) is 5.91 Å². The first-order valence-electron chi connectivity index (χ1n) is 10.5. The minimum atomic E-state index is -0.00107. The molecule has 2 aliphatic rings. The van der Waals surface area contributed by atoms with Gasteiger partial charge in [-0.3, -0.25) is 14.5 Å². The van der Waals surface area contributed by atoms with Crippen molar-refractivity contribution in [1.82, 2.24) is 14.8 Å². The molecule has 7 nitrogen and oxygen atoms in total. The number of amides is 1. The lowest BCUT2D eigenvalue weighted by Gasteiger charge is -2.34. The lowest BCUT2D eigenvalue weighted by atomic mass is 10.0. The summed E-state index contributed by atoms with van der Waals surface area (Å²) in [5.41, 5.74) is 0.978. The summed E-state index contributed by atoms with van der Waals surface area (Å²) in [7, 11) is 0. The summed E-state index contributed by atoms with van der Waals surface area (Å²) in [5, 5.41) is 1.01. The number of hydrogen-bond donors (Lipinski definition) is 0. The molecule has 0 unspecified atom stereocenters. The third kappa shape index (κ3) is 4.99. The first kappa shape index (κ1) is 20.8. The van der Waals surface area contributed by atoms with Gasteiger partial charge in [-0.1, -0.05) is 0 Å². The first-order chi connectivity index (χ1) is 14.6. The van der Waals surface area contributed by atoms with Crippen LogP contribution in [0.15, 0.2) is 24.3 Å². The van der Waals surface area contributed by atoms with Gasteiger partial charge in [-0.15, -0.1) is 11.3 Å². The van der Waals surface area contributed by atoms with Gasteiger partial charge in [0.2, 0.25) is 0 Å². The minimum Gasteiger partial charge on any atom is -0.494 e. The van der Waals surface area contributed by atoms with Crippen LogP contribution in [0.1, 0.15) is 40.1 Å². The molecule has 0 N–H and O–H groups in total. The number of nitrogens with zero attached hydrogens (tertiary/aromatic N) is 3. The van der Waals surface area contributed by atoms with Crippen LogP contribution < -0.4 is 9.47 Å². The highest BCUT2D eigenvalue weighted by atomic mass is 32.1. The van der Waals surface area contributed by atoms with Crippen molar-refractivity contribution in [2.24, 2.45) is 0 Å². The second kappa shape index (κ2) is 9.57. The molecule has 160 valence electrons. The molecule has 0 spiro atoms. The number of Topliss-reactive ketones (excluding diaryl/α,β-unsaturated/α-hetero) is 1. The van der Waals surface area contributed by atoms with Crippen molar-refractivity contribution in [3.05, 3.63) is 39.8 Å². The Balaban J connectivity index is 1.22. The van der Waals surface area contributed by atoms with Crippen molar-refractivity contribution in [2.45, 2.75) is 32.7 Å². The van der Waals surface area contributed by atoms with Gasteiger partial charge in [-0.2, -0.15) is 0 Å². The van der Waals surface area contributed by atoms with Crippen molar-refractivity contribution in [3.8, 4) is 11.5 Å². The molecule has 30 heavy (non-hydrogen) atoms. The molecule has 1 aliphatic heterocycles. The molecule has 2 heterocycles. The number of fused-ring (bicyclic) bond motifs is 1. The van der Waals surface area contributed by atoms with Crippen LogP contribution in [-0.4, -0.2) is 65.9 Å². The fourth-order valence-corrected chi connectivity index (χ4v) is 4.89. The van der Waals surface area contributed by atoms with Crippen LogP contribution in [-0.2, 0) is 17.8 Å². The smallest absolute Gasteiger partial charge is 0.260 e. The summed E-state index contributed by atoms with van der Waals surface area (Å²) in [5.74, 6) is 1.69. The van der Waals surface area contributed by atoms with Crippen molar-refractivity contribution < 1.29 is 19.1 Å². The molecule has 1 fully saturated rings. The highest BCUT2D eigenvalue weighted by molar-refractivity contribution is 7.13. The number of thiazole rings is 1. The van der Waals surface area contributed by atoms with Gasteiger partial charge in [-0.05, 0) is 44.0 Å². The van der Waals surface area contributed by atoms with E-state index in [1.165, 1.54) is 0 Å². The van der Waals surface area contributed by atoms with E-state index in [2.05, 4.69) is 9.88 Å². The minimum absolute atomic E-state index is 0.00107. The van der Waals surface area contributed by atoms with Crippen LogP contribution >= 0.6 is 11.3 Å². The summed E-state index contributed by atoms with van der Waals surface area (Å²) >= 11 is 1.54. The maximum atomic E-state index is 12.5. The van der Waals surface area contributed by atoms with E-state index in [-0.39, 0.29) is 18.3 Å². The molecule has 4 rings (SSSR count). The van der Waals surface area contributed by atoms with Gasteiger partial charge in [0.1, 0.15) is 16.5 Å². The van der Waals surface area contributed by atoms with E-state index in [1.54, 1.807) is 11.3 Å². The number of piperazine rings is 1. The predicted molar refractivity (Wildman–Crippen MR) is 114 cm³/mol. The molecular weight excluding hydrogens is 402 g/mol. The molecule has 1 saturated heterocycles. The van der Waals surface area contributed by atoms with Crippen molar-refractivity contribution in [3.63, 3.8) is 0 Å². The van der Waals surface area contributed by atoms with Crippen LogP contribution in [0.3, 0.4) is 0 Å². The Morgan fingerprint density at radius 1 is 1.07 bits per heavy atom. The number of aromatic nitrogens is 1. The molecule has 8 heteroatoms. The van der Waals surface area contributed by atoms with Crippen molar-refractivity contribution >= 4 is 23.0 Å². The molecular formula is C22H27N3O4S. The average molecular weight is 430 g/mol. The quantitative estimate of drug-likeness (QED) is 0.674. The molecule has 0 saturated carbocycles. The average Bonchev–Trinajstić information content (AvgIpc) is 3.18. The van der Waals surface area contributed by atoms with E-state index in [9.17, 15) is 9.59 Å². The number of ether oxygens (including phenoxy) is 2. The van der Waals surface area contributed by atoms with E-state index in [0.29, 0.717) is 31.9 Å². The highest BCUT2D eigenvalue weighted by Crippen LogP contribution is 2.27. The third-order valence-electron chi connectivity index (χ3n) is 5.39. The summed E-state index contributed by atoms with van der Waals surface area (Å²) < 4.78 is 11.0. The first-order valence-corrected chi connectivity index (χ1v) is 11.3. The molecule has 1 aromatic heterocycles. The SMILES string of the molecule is CCOc1ccc(OCC(=O)N2CCN(Cc3nc4c(s3)C(=O)CCC4)CC2)cc1. The molecule has 1 amide bonds. The highest BCUT2D eigenvalue weighted by Gasteiger charge is 2.25. The zero-order chi connectivity index (χ0) is 20.9. The number of carbonyl (C=O) groups is 2. The fraction of sp³-hybridized carbons (Fsp3) is 0.500. The lowest BCUT2D eigenvalue weighted by Crippen LogP contribution is -2.49. The van der Waals surface area contributed by atoms with E-state index >= 15 is 0 Å². The lowest BCUT2D eigenvalue weighted by molar-refractivity contribution is -0.135. The van der Waals surface area contributed by atoms with Gasteiger partial charge >= 0.3 is 0 Å². The van der Waals surface area contributed by atoms with Crippen LogP contribution in [0.5, 0.6) is 11.5 Å². The summed E-state index contributed by atoms with van der Waals surface area (Å²) in [6, 6.07) is 7.31. The Labute approximate surface area is 180 Å². The molecule has 2 aromatic rings. The monoisotopic (exact) mass is 429 g/mol. The number of hydrogen-bond acceptors (Lipinski definition) is 7. The Hall–Kier alpha value is -2.45. The van der Waals surface area contributed by atoms with Crippen LogP contribution in [0.25, 0.3) is 0 Å². The predicted octanol–water partition coefficient (Wildman–Crippen LogP) is 2.78. The topological polar surface area (TPSA) is 72.0 Å². The Morgan fingerprint density at radius 2 is 1.77 bits per heavy atom. The Kier molecular flexibility index (Phi) is 6.64. The number of aryl methyl sites for hydroxylation is 1. The summed E-state index contributed by atoms with van der Waals surface area (Å²) in [6.07, 6.45) is 2.47. The molecule has 0 atom stereocenters. The summed E-state index contributed by atoms with van der Waals surface area (Å²) in [4.78, 5) is 34.2. The maximum Gasteiger partial charge on any atom is 0.260 e. The second-order valence-corrected chi connectivity index (χ2v) is 8.59. The molecule has 1 aromatic carbocycles. The Morgan fingerprint density at radius 3 is 2.43 bits per heavy atom. The number of carbonyl (C=O) groups excluding carboxylic acids is 2. The van der Waals surface area contributed by atoms with Gasteiger partial charge in [-0.25, -0.2) is 4.98 Å². The molecule has 0 bridgehead atoms. The van der Waals surface area contributed by atoms with Crippen molar-refractivity contribution in [1.29, 1.82) is 0 Å². The van der Waals surface area contributed by atoms with E-state index in [1.807, 2.05) is 36.1 Å². The number of rotatable bonds is 7. The molecule has 0 radical (unpaired) electrons. The zero-order valence-corrected chi connectivity index (χ0v) is 18.1. The van der Waals surface area contributed by atoms with E-state index in [0.717, 1.165) is 53.8 Å². The maximum absolute atomic E-state index is 12.5. The van der Waals surface area contributed by atoms with Gasteiger partial charge in [0.15, 0.2) is 12.4 Å². The van der Waals surface area contributed by atoms with Crippen LogP contribution in [0.2, 0.25) is 0 Å². The standard InChI is InChI=1S/C22H27N3O4S/c1-2-28-16-6-8-17(9-7-16)29-15-21(27)25-12-10-24(11-13-25)14-20-23-18-4-3-5-19(26)22(18)30-20/h6-9H,2-5,10-15H2,1H3. The second-order valence-electron chi connectivity index (χ2n) is 7.51.